The Labute approximate surface area is 180 Å². The van der Waals surface area contributed by atoms with Crippen LogP contribution in [-0.4, -0.2) is 34.4 Å². The average Bonchev–Trinajstić information content (AvgIpc) is 2.79. The smallest absolute Gasteiger partial charge is 0.227 e. The van der Waals surface area contributed by atoms with Crippen molar-refractivity contribution in [3.63, 3.8) is 0 Å². The van der Waals surface area contributed by atoms with Gasteiger partial charge in [0.05, 0.1) is 26.7 Å². The summed E-state index contributed by atoms with van der Waals surface area (Å²) < 4.78 is 24.7. The van der Waals surface area contributed by atoms with Crippen LogP contribution in [0.2, 0.25) is 0 Å². The number of aromatic nitrogens is 2. The zero-order valence-electron chi connectivity index (χ0n) is 17.4. The number of hydrogen-bond donors (Lipinski definition) is 0. The minimum Gasteiger partial charge on any atom is -0.494 e. The quantitative estimate of drug-likeness (QED) is 0.585. The molecule has 0 atom stereocenters. The SMILES string of the molecule is COc1ccc(CC(=O)N2CCc3c(COCc4ccncc4)cncc3C2)cc1F. The second-order valence-corrected chi connectivity index (χ2v) is 7.50. The van der Waals surface area contributed by atoms with Crippen molar-refractivity contribution in [2.24, 2.45) is 0 Å². The third kappa shape index (κ3) is 5.06. The fourth-order valence-electron chi connectivity index (χ4n) is 3.77. The van der Waals surface area contributed by atoms with Gasteiger partial charge >= 0.3 is 0 Å². The maximum atomic E-state index is 13.9. The summed E-state index contributed by atoms with van der Waals surface area (Å²) in [6.07, 6.45) is 8.04. The largest absolute Gasteiger partial charge is 0.494 e. The number of amides is 1. The van der Waals surface area contributed by atoms with Gasteiger partial charge in [0.25, 0.3) is 0 Å². The average molecular weight is 421 g/mol. The highest BCUT2D eigenvalue weighted by molar-refractivity contribution is 5.79. The van der Waals surface area contributed by atoms with Crippen LogP contribution in [0.5, 0.6) is 5.75 Å². The number of methoxy groups -OCH3 is 1. The number of ether oxygens (including phenoxy) is 2. The highest BCUT2D eigenvalue weighted by atomic mass is 19.1. The van der Waals surface area contributed by atoms with Gasteiger partial charge in [0.1, 0.15) is 0 Å². The van der Waals surface area contributed by atoms with Crippen molar-refractivity contribution < 1.29 is 18.7 Å². The first-order valence-corrected chi connectivity index (χ1v) is 10.2. The van der Waals surface area contributed by atoms with Gasteiger partial charge in [0.15, 0.2) is 11.6 Å². The lowest BCUT2D eigenvalue weighted by molar-refractivity contribution is -0.131. The lowest BCUT2D eigenvalue weighted by Crippen LogP contribution is -2.37. The number of benzene rings is 1. The van der Waals surface area contributed by atoms with Crippen molar-refractivity contribution in [3.8, 4) is 5.75 Å². The molecule has 1 aliphatic heterocycles. The normalized spacial score (nSPS) is 13.0. The van der Waals surface area contributed by atoms with Gasteiger partial charge in [-0.25, -0.2) is 4.39 Å². The molecule has 7 heteroatoms. The van der Waals surface area contributed by atoms with Gasteiger partial charge in [-0.3, -0.25) is 14.8 Å². The molecule has 4 rings (SSSR count). The van der Waals surface area contributed by atoms with Crippen molar-refractivity contribution in [2.75, 3.05) is 13.7 Å². The first kappa shape index (κ1) is 20.9. The van der Waals surface area contributed by atoms with Crippen LogP contribution in [0.25, 0.3) is 0 Å². The van der Waals surface area contributed by atoms with E-state index in [2.05, 4.69) is 9.97 Å². The van der Waals surface area contributed by atoms with Gasteiger partial charge in [-0.1, -0.05) is 6.07 Å². The van der Waals surface area contributed by atoms with Crippen molar-refractivity contribution in [3.05, 3.63) is 88.8 Å². The van der Waals surface area contributed by atoms with Crippen LogP contribution in [0, 0.1) is 5.82 Å². The van der Waals surface area contributed by atoms with Crippen LogP contribution in [-0.2, 0) is 42.1 Å². The van der Waals surface area contributed by atoms with E-state index in [4.69, 9.17) is 9.47 Å². The number of pyridine rings is 2. The summed E-state index contributed by atoms with van der Waals surface area (Å²) in [7, 11) is 1.42. The van der Waals surface area contributed by atoms with Crippen molar-refractivity contribution in [1.82, 2.24) is 14.9 Å². The summed E-state index contributed by atoms with van der Waals surface area (Å²) >= 11 is 0. The molecule has 0 spiro atoms. The fraction of sp³-hybridized carbons (Fsp3) is 0.292. The van der Waals surface area contributed by atoms with Crippen LogP contribution in [0.3, 0.4) is 0 Å². The van der Waals surface area contributed by atoms with E-state index < -0.39 is 5.82 Å². The Hall–Kier alpha value is -3.32. The van der Waals surface area contributed by atoms with Crippen molar-refractivity contribution in [2.45, 2.75) is 32.6 Å². The summed E-state index contributed by atoms with van der Waals surface area (Å²) in [6.45, 7) is 2.09. The molecule has 1 amide bonds. The molecule has 2 aromatic heterocycles. The molecule has 0 aliphatic carbocycles. The summed E-state index contributed by atoms with van der Waals surface area (Å²) in [5, 5.41) is 0. The number of fused-ring (bicyclic) bond motifs is 1. The van der Waals surface area contributed by atoms with E-state index in [0.717, 1.165) is 23.1 Å². The third-order valence-corrected chi connectivity index (χ3v) is 5.43. The molecule has 31 heavy (non-hydrogen) atoms. The highest BCUT2D eigenvalue weighted by Gasteiger charge is 2.23. The molecule has 1 aromatic carbocycles. The van der Waals surface area contributed by atoms with Gasteiger partial charge in [0, 0.05) is 37.9 Å². The Morgan fingerprint density at radius 3 is 2.71 bits per heavy atom. The third-order valence-electron chi connectivity index (χ3n) is 5.43. The molecular weight excluding hydrogens is 397 g/mol. The summed E-state index contributed by atoms with van der Waals surface area (Å²) in [5.41, 5.74) is 4.98. The van der Waals surface area contributed by atoms with E-state index in [1.807, 2.05) is 24.5 Å². The van der Waals surface area contributed by atoms with E-state index in [1.165, 1.54) is 18.7 Å². The summed E-state index contributed by atoms with van der Waals surface area (Å²) in [4.78, 5) is 22.9. The van der Waals surface area contributed by atoms with E-state index in [0.29, 0.717) is 31.9 Å². The lowest BCUT2D eigenvalue weighted by Gasteiger charge is -2.30. The van der Waals surface area contributed by atoms with Gasteiger partial charge in [-0.15, -0.1) is 0 Å². The molecule has 160 valence electrons. The van der Waals surface area contributed by atoms with Crippen molar-refractivity contribution in [1.29, 1.82) is 0 Å². The predicted molar refractivity (Wildman–Crippen MR) is 113 cm³/mol. The second-order valence-electron chi connectivity index (χ2n) is 7.50. The maximum absolute atomic E-state index is 13.9. The number of carbonyl (C=O) groups is 1. The Morgan fingerprint density at radius 1 is 1.10 bits per heavy atom. The first-order chi connectivity index (χ1) is 15.1. The van der Waals surface area contributed by atoms with Crippen LogP contribution >= 0.6 is 0 Å². The Morgan fingerprint density at radius 2 is 1.94 bits per heavy atom. The Bertz CT molecular complexity index is 1060. The second kappa shape index (κ2) is 9.66. The molecular formula is C24H24FN3O3. The molecule has 0 bridgehead atoms. The van der Waals surface area contributed by atoms with E-state index in [-0.39, 0.29) is 18.1 Å². The number of rotatable bonds is 7. The molecule has 3 aromatic rings. The van der Waals surface area contributed by atoms with Gasteiger partial charge in [-0.2, -0.15) is 0 Å². The zero-order valence-corrected chi connectivity index (χ0v) is 17.4. The minimum absolute atomic E-state index is 0.0328. The monoisotopic (exact) mass is 421 g/mol. The molecule has 0 saturated heterocycles. The van der Waals surface area contributed by atoms with E-state index in [9.17, 15) is 9.18 Å². The highest BCUT2D eigenvalue weighted by Crippen LogP contribution is 2.24. The lowest BCUT2D eigenvalue weighted by atomic mass is 9.97. The summed E-state index contributed by atoms with van der Waals surface area (Å²) in [5.74, 6) is -0.320. The molecule has 3 heterocycles. The van der Waals surface area contributed by atoms with Gasteiger partial charge < -0.3 is 14.4 Å². The van der Waals surface area contributed by atoms with E-state index >= 15 is 0 Å². The minimum atomic E-state index is -0.461. The molecule has 1 aliphatic rings. The van der Waals surface area contributed by atoms with Crippen LogP contribution < -0.4 is 4.74 Å². The molecule has 0 unspecified atom stereocenters. The number of hydrogen-bond acceptors (Lipinski definition) is 5. The summed E-state index contributed by atoms with van der Waals surface area (Å²) in [6, 6.07) is 8.48. The number of carbonyl (C=O) groups excluding carboxylic acids is 1. The van der Waals surface area contributed by atoms with Crippen LogP contribution in [0.1, 0.15) is 27.8 Å². The molecule has 0 radical (unpaired) electrons. The Balaban J connectivity index is 1.37. The predicted octanol–water partition coefficient (Wildman–Crippen LogP) is 3.47. The van der Waals surface area contributed by atoms with Crippen LogP contribution in [0.4, 0.5) is 4.39 Å². The van der Waals surface area contributed by atoms with Crippen LogP contribution in [0.15, 0.2) is 55.1 Å². The topological polar surface area (TPSA) is 64.5 Å². The fourth-order valence-corrected chi connectivity index (χ4v) is 3.77. The van der Waals surface area contributed by atoms with Crippen molar-refractivity contribution >= 4 is 5.91 Å². The molecule has 0 saturated carbocycles. The first-order valence-electron chi connectivity index (χ1n) is 10.2. The Kier molecular flexibility index (Phi) is 6.52. The number of halogens is 1. The number of nitrogens with zero attached hydrogens (tertiary/aromatic N) is 3. The standard InChI is InChI=1S/C24H24FN3O3/c1-30-23-3-2-18(10-22(23)25)11-24(29)28-9-6-21-19(14-28)12-27-13-20(21)16-31-15-17-4-7-26-8-5-17/h2-5,7-8,10,12-13H,6,9,11,14-16H2,1H3. The molecule has 0 N–H and O–H groups in total. The van der Waals surface area contributed by atoms with Gasteiger partial charge in [0.2, 0.25) is 5.91 Å². The zero-order chi connectivity index (χ0) is 21.6. The maximum Gasteiger partial charge on any atom is 0.227 e. The van der Waals surface area contributed by atoms with Gasteiger partial charge in [-0.05, 0) is 58.5 Å². The van der Waals surface area contributed by atoms with E-state index in [1.54, 1.807) is 29.4 Å². The molecule has 0 fully saturated rings. The molecule has 6 nitrogen and oxygen atoms in total.